The summed E-state index contributed by atoms with van der Waals surface area (Å²) < 4.78 is 40.4. The Hall–Kier alpha value is -2.06. The maximum Gasteiger partial charge on any atom is 0.416 e. The molecule has 2 aromatic rings. The molecule has 3 rings (SSSR count). The maximum atomic E-state index is 12.9. The van der Waals surface area contributed by atoms with Gasteiger partial charge in [0.2, 0.25) is 0 Å². The second-order valence-electron chi connectivity index (χ2n) is 5.69. The number of benzene rings is 1. The lowest BCUT2D eigenvalue weighted by atomic mass is 10.1. The Morgan fingerprint density at radius 3 is 2.76 bits per heavy atom. The van der Waals surface area contributed by atoms with Crippen LogP contribution in [0, 0.1) is 0 Å². The van der Waals surface area contributed by atoms with Crippen LogP contribution in [-0.4, -0.2) is 40.0 Å². The van der Waals surface area contributed by atoms with Crippen molar-refractivity contribution in [1.82, 2.24) is 19.8 Å². The number of nitrogens with one attached hydrogen (secondary N) is 1. The number of hydrogen-bond acceptors (Lipinski definition) is 3. The number of piperazine rings is 1. The van der Waals surface area contributed by atoms with E-state index in [1.54, 1.807) is 17.3 Å². The summed E-state index contributed by atoms with van der Waals surface area (Å²) in [7, 11) is 1.82. The minimum absolute atomic E-state index is 0. The van der Waals surface area contributed by atoms with Crippen LogP contribution in [0.4, 0.5) is 13.2 Å². The van der Waals surface area contributed by atoms with Gasteiger partial charge in [-0.3, -0.25) is 4.79 Å². The highest BCUT2D eigenvalue weighted by Gasteiger charge is 2.34. The SMILES string of the molecule is Cl.Cn1ccnc1C1CNCCN1C(=O)c1cccc(C(F)(F)F)c1. The van der Waals surface area contributed by atoms with Gasteiger partial charge in [-0.05, 0) is 18.2 Å². The number of aromatic nitrogens is 2. The second kappa shape index (κ2) is 7.45. The van der Waals surface area contributed by atoms with Crippen molar-refractivity contribution in [2.75, 3.05) is 19.6 Å². The van der Waals surface area contributed by atoms with Crippen molar-refractivity contribution >= 4 is 18.3 Å². The van der Waals surface area contributed by atoms with Crippen molar-refractivity contribution in [2.45, 2.75) is 12.2 Å². The van der Waals surface area contributed by atoms with Gasteiger partial charge in [0.05, 0.1) is 5.56 Å². The third kappa shape index (κ3) is 3.96. The summed E-state index contributed by atoms with van der Waals surface area (Å²) in [5, 5.41) is 3.20. The molecule has 0 spiro atoms. The largest absolute Gasteiger partial charge is 0.416 e. The van der Waals surface area contributed by atoms with Crippen LogP contribution in [0.2, 0.25) is 0 Å². The molecule has 1 aliphatic heterocycles. The molecular formula is C16H18ClF3N4O. The third-order valence-electron chi connectivity index (χ3n) is 4.10. The molecule has 0 saturated carbocycles. The highest BCUT2D eigenvalue weighted by Crippen LogP contribution is 2.30. The van der Waals surface area contributed by atoms with Gasteiger partial charge in [0.15, 0.2) is 0 Å². The summed E-state index contributed by atoms with van der Waals surface area (Å²) in [6, 6.07) is 4.22. The minimum atomic E-state index is -4.47. The predicted molar refractivity (Wildman–Crippen MR) is 88.5 cm³/mol. The van der Waals surface area contributed by atoms with Gasteiger partial charge in [-0.25, -0.2) is 4.98 Å². The van der Waals surface area contributed by atoms with Crippen LogP contribution in [-0.2, 0) is 13.2 Å². The van der Waals surface area contributed by atoms with Crippen molar-refractivity contribution in [3.8, 4) is 0 Å². The van der Waals surface area contributed by atoms with Crippen molar-refractivity contribution in [3.05, 3.63) is 53.6 Å². The van der Waals surface area contributed by atoms with E-state index < -0.39 is 17.6 Å². The summed E-state index contributed by atoms with van der Waals surface area (Å²) in [6.45, 7) is 1.51. The van der Waals surface area contributed by atoms with Crippen LogP contribution in [0.5, 0.6) is 0 Å². The number of nitrogens with zero attached hydrogens (tertiary/aromatic N) is 3. The average molecular weight is 375 g/mol. The van der Waals surface area contributed by atoms with E-state index >= 15 is 0 Å². The van der Waals surface area contributed by atoms with Gasteiger partial charge in [-0.1, -0.05) is 6.07 Å². The minimum Gasteiger partial charge on any atom is -0.336 e. The van der Waals surface area contributed by atoms with E-state index in [1.807, 2.05) is 11.6 Å². The summed E-state index contributed by atoms with van der Waals surface area (Å²) in [5.74, 6) is 0.276. The molecule has 1 unspecified atom stereocenters. The third-order valence-corrected chi connectivity index (χ3v) is 4.10. The molecule has 2 heterocycles. The smallest absolute Gasteiger partial charge is 0.336 e. The molecule has 136 valence electrons. The molecule has 1 saturated heterocycles. The lowest BCUT2D eigenvalue weighted by molar-refractivity contribution is -0.137. The highest BCUT2D eigenvalue weighted by atomic mass is 35.5. The van der Waals surface area contributed by atoms with Gasteiger partial charge in [-0.15, -0.1) is 12.4 Å². The maximum absolute atomic E-state index is 12.9. The zero-order valence-electron chi connectivity index (χ0n) is 13.5. The number of carbonyl (C=O) groups is 1. The summed E-state index contributed by atoms with van der Waals surface area (Å²) >= 11 is 0. The monoisotopic (exact) mass is 374 g/mol. The van der Waals surface area contributed by atoms with Crippen LogP contribution in [0.25, 0.3) is 0 Å². The first-order chi connectivity index (χ1) is 11.4. The normalized spacial score (nSPS) is 17.9. The Morgan fingerprint density at radius 2 is 2.12 bits per heavy atom. The molecule has 0 aliphatic carbocycles. The molecule has 1 aliphatic rings. The van der Waals surface area contributed by atoms with E-state index in [-0.39, 0.29) is 24.0 Å². The van der Waals surface area contributed by atoms with Gasteiger partial charge in [-0.2, -0.15) is 13.2 Å². The molecule has 1 atom stereocenters. The predicted octanol–water partition coefficient (Wildman–Crippen LogP) is 2.65. The van der Waals surface area contributed by atoms with Crippen molar-refractivity contribution < 1.29 is 18.0 Å². The number of hydrogen-bond donors (Lipinski definition) is 1. The molecule has 1 aromatic heterocycles. The van der Waals surface area contributed by atoms with E-state index in [4.69, 9.17) is 0 Å². The number of imidazole rings is 1. The molecule has 1 fully saturated rings. The number of alkyl halides is 3. The van der Waals surface area contributed by atoms with Gasteiger partial charge < -0.3 is 14.8 Å². The molecule has 0 bridgehead atoms. The number of amides is 1. The Labute approximate surface area is 149 Å². The fourth-order valence-electron chi connectivity index (χ4n) is 2.87. The molecule has 9 heteroatoms. The molecule has 1 aromatic carbocycles. The Kier molecular flexibility index (Phi) is 5.74. The van der Waals surface area contributed by atoms with Crippen molar-refractivity contribution in [3.63, 3.8) is 0 Å². The Balaban J connectivity index is 0.00000225. The second-order valence-corrected chi connectivity index (χ2v) is 5.69. The fourth-order valence-corrected chi connectivity index (χ4v) is 2.87. The number of rotatable bonds is 2. The average Bonchev–Trinajstić information content (AvgIpc) is 2.99. The van der Waals surface area contributed by atoms with Crippen molar-refractivity contribution in [1.29, 1.82) is 0 Å². The van der Waals surface area contributed by atoms with Gasteiger partial charge in [0.25, 0.3) is 5.91 Å². The number of aryl methyl sites for hydroxylation is 1. The van der Waals surface area contributed by atoms with E-state index in [2.05, 4.69) is 10.3 Å². The summed E-state index contributed by atoms with van der Waals surface area (Å²) in [4.78, 5) is 18.6. The van der Waals surface area contributed by atoms with Gasteiger partial charge >= 0.3 is 6.18 Å². The van der Waals surface area contributed by atoms with E-state index in [9.17, 15) is 18.0 Å². The van der Waals surface area contributed by atoms with Gasteiger partial charge in [0.1, 0.15) is 11.9 Å². The topological polar surface area (TPSA) is 50.2 Å². The molecule has 25 heavy (non-hydrogen) atoms. The lowest BCUT2D eigenvalue weighted by Gasteiger charge is -2.35. The molecule has 1 N–H and O–H groups in total. The standard InChI is InChI=1S/C16H17F3N4O.ClH/c1-22-7-6-21-14(22)13-10-20-5-8-23(13)15(24)11-3-2-4-12(9-11)16(17,18)19;/h2-4,6-7,9,13,20H,5,8,10H2,1H3;1H. The molecule has 5 nitrogen and oxygen atoms in total. The molecule has 0 radical (unpaired) electrons. The van der Waals surface area contributed by atoms with E-state index in [1.165, 1.54) is 12.1 Å². The van der Waals surface area contributed by atoms with E-state index in [0.717, 1.165) is 12.1 Å². The van der Waals surface area contributed by atoms with Crippen LogP contribution >= 0.6 is 12.4 Å². The zero-order valence-corrected chi connectivity index (χ0v) is 14.3. The molecule has 1 amide bonds. The van der Waals surface area contributed by atoms with Crippen molar-refractivity contribution in [2.24, 2.45) is 7.05 Å². The number of carbonyl (C=O) groups excluding carboxylic acids is 1. The first-order valence-corrected chi connectivity index (χ1v) is 7.54. The first-order valence-electron chi connectivity index (χ1n) is 7.54. The quantitative estimate of drug-likeness (QED) is 0.879. The first kappa shape index (κ1) is 19.3. The summed E-state index contributed by atoms with van der Waals surface area (Å²) in [5.41, 5.74) is -0.789. The van der Waals surface area contributed by atoms with Crippen LogP contribution in [0.1, 0.15) is 27.8 Å². The summed E-state index contributed by atoms with van der Waals surface area (Å²) in [6.07, 6.45) is -1.06. The number of halogens is 4. The lowest BCUT2D eigenvalue weighted by Crippen LogP contribution is -2.49. The Morgan fingerprint density at radius 1 is 1.36 bits per heavy atom. The van der Waals surface area contributed by atoms with Gasteiger partial charge in [0, 0.05) is 44.6 Å². The Bertz CT molecular complexity index is 747. The van der Waals surface area contributed by atoms with Crippen LogP contribution < -0.4 is 5.32 Å². The highest BCUT2D eigenvalue weighted by molar-refractivity contribution is 5.94. The molecular weight excluding hydrogens is 357 g/mol. The van der Waals surface area contributed by atoms with Crippen LogP contribution in [0.3, 0.4) is 0 Å². The van der Waals surface area contributed by atoms with E-state index in [0.29, 0.717) is 25.5 Å². The van der Waals surface area contributed by atoms with Crippen LogP contribution in [0.15, 0.2) is 36.7 Å². The fraction of sp³-hybridized carbons (Fsp3) is 0.375. The zero-order chi connectivity index (χ0) is 17.3.